The summed E-state index contributed by atoms with van der Waals surface area (Å²) in [6.45, 7) is 3.59. The molecule has 1 unspecified atom stereocenters. The molecule has 7 heteroatoms. The first kappa shape index (κ1) is 19.6. The molecule has 2 aliphatic rings. The van der Waals surface area contributed by atoms with Crippen LogP contribution in [-0.2, 0) is 20.7 Å². The van der Waals surface area contributed by atoms with Crippen molar-refractivity contribution in [1.82, 2.24) is 9.80 Å². The molecule has 1 aromatic rings. The monoisotopic (exact) mass is 378 g/mol. The Morgan fingerprint density at radius 1 is 1.22 bits per heavy atom. The number of morpholine rings is 1. The van der Waals surface area contributed by atoms with Gasteiger partial charge in [0.25, 0.3) is 0 Å². The maximum Gasteiger partial charge on any atom is 0.227 e. The Balaban J connectivity index is 1.52. The van der Waals surface area contributed by atoms with Crippen LogP contribution >= 0.6 is 0 Å². The third-order valence-corrected chi connectivity index (χ3v) is 5.29. The molecule has 0 aromatic heterocycles. The number of carbonyl (C=O) groups is 2. The fourth-order valence-corrected chi connectivity index (χ4v) is 3.72. The molecule has 3 rings (SSSR count). The van der Waals surface area contributed by atoms with Crippen LogP contribution in [0.4, 0.5) is 4.39 Å². The Bertz CT molecular complexity index is 676. The number of piperidine rings is 1. The summed E-state index contributed by atoms with van der Waals surface area (Å²) in [6.07, 6.45) is 2.44. The fourth-order valence-electron chi connectivity index (χ4n) is 3.72. The summed E-state index contributed by atoms with van der Waals surface area (Å²) >= 11 is 0. The molecule has 2 aliphatic heterocycles. The summed E-state index contributed by atoms with van der Waals surface area (Å²) in [4.78, 5) is 28.9. The standard InChI is InChI=1S/C20H27FN2O4/c1-26-18-6-4-15(13-17(18)21)5-7-19(24)23-8-2-3-16(14-23)20(25)22-9-11-27-12-10-22/h4,6,13,16H,2-3,5,7-12,14H2,1H3. The van der Waals surface area contributed by atoms with Crippen molar-refractivity contribution in [2.45, 2.75) is 25.7 Å². The molecule has 0 radical (unpaired) electrons. The maximum absolute atomic E-state index is 13.8. The lowest BCUT2D eigenvalue weighted by Crippen LogP contribution is -2.49. The number of likely N-dealkylation sites (tertiary alicyclic amines) is 1. The van der Waals surface area contributed by atoms with Gasteiger partial charge < -0.3 is 19.3 Å². The predicted octanol–water partition coefficient (Wildman–Crippen LogP) is 1.86. The Hall–Kier alpha value is -2.15. The van der Waals surface area contributed by atoms with Crippen LogP contribution in [0.3, 0.4) is 0 Å². The first-order chi connectivity index (χ1) is 13.1. The van der Waals surface area contributed by atoms with Crippen LogP contribution in [0, 0.1) is 11.7 Å². The highest BCUT2D eigenvalue weighted by molar-refractivity contribution is 5.81. The van der Waals surface area contributed by atoms with Crippen LogP contribution in [-0.4, -0.2) is 68.1 Å². The van der Waals surface area contributed by atoms with Gasteiger partial charge in [-0.2, -0.15) is 0 Å². The number of carbonyl (C=O) groups excluding carboxylic acids is 2. The Labute approximate surface area is 159 Å². The minimum atomic E-state index is -0.420. The van der Waals surface area contributed by atoms with E-state index in [1.165, 1.54) is 13.2 Å². The third-order valence-electron chi connectivity index (χ3n) is 5.29. The highest BCUT2D eigenvalue weighted by Crippen LogP contribution is 2.22. The molecule has 148 valence electrons. The minimum Gasteiger partial charge on any atom is -0.494 e. The number of amides is 2. The van der Waals surface area contributed by atoms with Crippen LogP contribution in [0.25, 0.3) is 0 Å². The van der Waals surface area contributed by atoms with Crippen molar-refractivity contribution in [3.8, 4) is 5.75 Å². The number of hydrogen-bond donors (Lipinski definition) is 0. The molecule has 2 heterocycles. The first-order valence-electron chi connectivity index (χ1n) is 9.55. The summed E-state index contributed by atoms with van der Waals surface area (Å²) in [6, 6.07) is 4.76. The van der Waals surface area contributed by atoms with Crippen molar-refractivity contribution in [3.63, 3.8) is 0 Å². The van der Waals surface area contributed by atoms with Crippen molar-refractivity contribution in [2.24, 2.45) is 5.92 Å². The van der Waals surface area contributed by atoms with E-state index in [1.807, 2.05) is 4.90 Å². The molecule has 6 nitrogen and oxygen atoms in total. The van der Waals surface area contributed by atoms with E-state index < -0.39 is 5.82 Å². The van der Waals surface area contributed by atoms with E-state index in [1.54, 1.807) is 17.0 Å². The molecule has 0 N–H and O–H groups in total. The smallest absolute Gasteiger partial charge is 0.227 e. The average Bonchev–Trinajstić information content (AvgIpc) is 2.72. The van der Waals surface area contributed by atoms with Crippen molar-refractivity contribution >= 4 is 11.8 Å². The SMILES string of the molecule is COc1ccc(CCC(=O)N2CCCC(C(=O)N3CCOCC3)C2)cc1F. The molecule has 1 aromatic carbocycles. The highest BCUT2D eigenvalue weighted by atomic mass is 19.1. The summed E-state index contributed by atoms with van der Waals surface area (Å²) in [5.41, 5.74) is 0.764. The van der Waals surface area contributed by atoms with Gasteiger partial charge >= 0.3 is 0 Å². The van der Waals surface area contributed by atoms with Gasteiger partial charge in [-0.05, 0) is 37.0 Å². The summed E-state index contributed by atoms with van der Waals surface area (Å²) < 4.78 is 24.0. The molecule has 1 atom stereocenters. The Morgan fingerprint density at radius 2 is 2.00 bits per heavy atom. The minimum absolute atomic E-state index is 0.0192. The molecular weight excluding hydrogens is 351 g/mol. The van der Waals surface area contributed by atoms with Crippen LogP contribution < -0.4 is 4.74 Å². The molecule has 0 aliphatic carbocycles. The van der Waals surface area contributed by atoms with Gasteiger partial charge in [0.15, 0.2) is 11.6 Å². The number of rotatable bonds is 5. The van der Waals surface area contributed by atoms with Crippen LogP contribution in [0.1, 0.15) is 24.8 Å². The molecule has 0 spiro atoms. The first-order valence-corrected chi connectivity index (χ1v) is 9.55. The van der Waals surface area contributed by atoms with E-state index in [0.29, 0.717) is 52.2 Å². The summed E-state index contributed by atoms with van der Waals surface area (Å²) in [5, 5.41) is 0. The Kier molecular flexibility index (Phi) is 6.66. The van der Waals surface area contributed by atoms with Gasteiger partial charge in [-0.25, -0.2) is 4.39 Å². The zero-order valence-corrected chi connectivity index (χ0v) is 15.8. The van der Waals surface area contributed by atoms with Gasteiger partial charge in [-0.15, -0.1) is 0 Å². The van der Waals surface area contributed by atoms with Crippen molar-refractivity contribution < 1.29 is 23.5 Å². The van der Waals surface area contributed by atoms with Gasteiger partial charge in [0.05, 0.1) is 26.2 Å². The quantitative estimate of drug-likeness (QED) is 0.785. The number of methoxy groups -OCH3 is 1. The highest BCUT2D eigenvalue weighted by Gasteiger charge is 2.31. The van der Waals surface area contributed by atoms with E-state index in [9.17, 15) is 14.0 Å². The van der Waals surface area contributed by atoms with Crippen molar-refractivity contribution in [2.75, 3.05) is 46.5 Å². The molecular formula is C20H27FN2O4. The van der Waals surface area contributed by atoms with Crippen LogP contribution in [0.5, 0.6) is 5.75 Å². The lowest BCUT2D eigenvalue weighted by Gasteiger charge is -2.36. The number of benzene rings is 1. The molecule has 2 saturated heterocycles. The molecule has 0 saturated carbocycles. The normalized spacial score (nSPS) is 20.4. The predicted molar refractivity (Wildman–Crippen MR) is 98.0 cm³/mol. The molecule has 2 fully saturated rings. The molecule has 27 heavy (non-hydrogen) atoms. The van der Waals surface area contributed by atoms with Gasteiger partial charge in [0.1, 0.15) is 0 Å². The van der Waals surface area contributed by atoms with Crippen molar-refractivity contribution in [3.05, 3.63) is 29.6 Å². The number of hydrogen-bond acceptors (Lipinski definition) is 4. The number of nitrogens with zero attached hydrogens (tertiary/aromatic N) is 2. The zero-order valence-electron chi connectivity index (χ0n) is 15.8. The molecule has 2 amide bonds. The van der Waals surface area contributed by atoms with E-state index in [4.69, 9.17) is 9.47 Å². The fraction of sp³-hybridized carbons (Fsp3) is 0.600. The van der Waals surface area contributed by atoms with Gasteiger partial charge in [-0.1, -0.05) is 6.07 Å². The second kappa shape index (κ2) is 9.17. The number of halogens is 1. The van der Waals surface area contributed by atoms with E-state index in [0.717, 1.165) is 18.4 Å². The number of ether oxygens (including phenoxy) is 2. The van der Waals surface area contributed by atoms with Crippen LogP contribution in [0.15, 0.2) is 18.2 Å². The van der Waals surface area contributed by atoms with Gasteiger partial charge in [0, 0.05) is 32.6 Å². The molecule has 0 bridgehead atoms. The second-order valence-corrected chi connectivity index (χ2v) is 7.09. The lowest BCUT2D eigenvalue weighted by atomic mass is 9.95. The summed E-state index contributed by atoms with van der Waals surface area (Å²) in [7, 11) is 1.42. The van der Waals surface area contributed by atoms with E-state index >= 15 is 0 Å². The maximum atomic E-state index is 13.8. The topological polar surface area (TPSA) is 59.1 Å². The third kappa shape index (κ3) is 4.97. The largest absolute Gasteiger partial charge is 0.494 e. The van der Waals surface area contributed by atoms with Gasteiger partial charge in [0.2, 0.25) is 11.8 Å². The Morgan fingerprint density at radius 3 is 2.70 bits per heavy atom. The van der Waals surface area contributed by atoms with E-state index in [-0.39, 0.29) is 23.5 Å². The van der Waals surface area contributed by atoms with Gasteiger partial charge in [-0.3, -0.25) is 9.59 Å². The second-order valence-electron chi connectivity index (χ2n) is 7.09. The van der Waals surface area contributed by atoms with Crippen LogP contribution in [0.2, 0.25) is 0 Å². The summed E-state index contributed by atoms with van der Waals surface area (Å²) in [5.74, 6) is -0.194. The van der Waals surface area contributed by atoms with E-state index in [2.05, 4.69) is 0 Å². The number of aryl methyl sites for hydroxylation is 1. The zero-order chi connectivity index (χ0) is 19.2. The average molecular weight is 378 g/mol. The lowest BCUT2D eigenvalue weighted by molar-refractivity contribution is -0.144. The van der Waals surface area contributed by atoms with Crippen molar-refractivity contribution in [1.29, 1.82) is 0 Å².